The van der Waals surface area contributed by atoms with Crippen molar-refractivity contribution in [3.05, 3.63) is 45.6 Å². The topological polar surface area (TPSA) is 17.1 Å². The van der Waals surface area contributed by atoms with Crippen LogP contribution in [0.2, 0.25) is 0 Å². The first-order valence-electron chi connectivity index (χ1n) is 3.28. The molecule has 0 unspecified atom stereocenters. The maximum absolute atomic E-state index is 11.0. The van der Waals surface area contributed by atoms with Crippen LogP contribution in [-0.2, 0) is 0 Å². The molecule has 0 atom stereocenters. The summed E-state index contributed by atoms with van der Waals surface area (Å²) in [7, 11) is 0. The fraction of sp³-hybridized carbons (Fsp3) is 0.222. The van der Waals surface area contributed by atoms with Gasteiger partial charge < -0.3 is 0 Å². The zero-order valence-electron chi connectivity index (χ0n) is 6.22. The highest BCUT2D eigenvalue weighted by Gasteiger charge is 1.90. The van der Waals surface area contributed by atoms with Crippen LogP contribution < -0.4 is 5.43 Å². The van der Waals surface area contributed by atoms with Crippen LogP contribution in [-0.4, -0.2) is 0 Å². The Morgan fingerprint density at radius 1 is 1.10 bits per heavy atom. The fourth-order valence-electron chi connectivity index (χ4n) is 0.787. The van der Waals surface area contributed by atoms with Crippen LogP contribution in [0.4, 0.5) is 0 Å². The van der Waals surface area contributed by atoms with Crippen LogP contribution in [0.15, 0.2) is 29.1 Å². The van der Waals surface area contributed by atoms with Gasteiger partial charge in [0.1, 0.15) is 0 Å². The van der Waals surface area contributed by atoms with E-state index in [0.29, 0.717) is 0 Å². The van der Waals surface area contributed by atoms with Gasteiger partial charge in [-0.15, -0.1) is 0 Å². The van der Waals surface area contributed by atoms with Crippen molar-refractivity contribution in [1.82, 2.24) is 0 Å². The van der Waals surface area contributed by atoms with E-state index in [9.17, 15) is 4.79 Å². The second kappa shape index (κ2) is 2.65. The van der Waals surface area contributed by atoms with Crippen molar-refractivity contribution in [2.75, 3.05) is 0 Å². The molecular formula is C9H10O. The van der Waals surface area contributed by atoms with Gasteiger partial charge in [-0.3, -0.25) is 4.79 Å². The van der Waals surface area contributed by atoms with Gasteiger partial charge in [-0.05, 0) is 31.0 Å². The van der Waals surface area contributed by atoms with Gasteiger partial charge >= 0.3 is 0 Å². The molecule has 0 aliphatic heterocycles. The molecular weight excluding hydrogens is 124 g/mol. The van der Waals surface area contributed by atoms with Crippen molar-refractivity contribution in [2.45, 2.75) is 13.8 Å². The van der Waals surface area contributed by atoms with Crippen molar-refractivity contribution in [2.24, 2.45) is 0 Å². The van der Waals surface area contributed by atoms with Crippen molar-refractivity contribution in [3.63, 3.8) is 0 Å². The highest BCUT2D eigenvalue weighted by molar-refractivity contribution is 5.22. The van der Waals surface area contributed by atoms with E-state index in [-0.39, 0.29) is 5.43 Å². The molecule has 1 rings (SSSR count). The summed E-state index contributed by atoms with van der Waals surface area (Å²) in [6, 6.07) is 7.17. The lowest BCUT2D eigenvalue weighted by Gasteiger charge is -1.86. The molecule has 0 aromatic heterocycles. The zero-order chi connectivity index (χ0) is 7.56. The molecule has 0 aliphatic carbocycles. The molecule has 52 valence electrons. The van der Waals surface area contributed by atoms with E-state index in [2.05, 4.69) is 0 Å². The molecule has 1 aromatic carbocycles. The minimum absolute atomic E-state index is 0.113. The highest BCUT2D eigenvalue weighted by atomic mass is 16.1. The lowest BCUT2D eigenvalue weighted by molar-refractivity contribution is 1.33. The summed E-state index contributed by atoms with van der Waals surface area (Å²) in [6.45, 7) is 3.79. The third kappa shape index (κ3) is 1.24. The number of rotatable bonds is 0. The van der Waals surface area contributed by atoms with E-state index in [1.807, 2.05) is 26.0 Å². The second-order valence-corrected chi connectivity index (χ2v) is 2.39. The molecule has 0 bridgehead atoms. The van der Waals surface area contributed by atoms with Crippen molar-refractivity contribution in [1.29, 1.82) is 0 Å². The lowest BCUT2D eigenvalue weighted by Crippen LogP contribution is -1.99. The Hall–Kier alpha value is -1.11. The Labute approximate surface area is 60.3 Å². The average Bonchev–Trinajstić information content (AvgIpc) is 2.04. The number of hydrogen-bond donors (Lipinski definition) is 0. The Morgan fingerprint density at radius 2 is 1.70 bits per heavy atom. The van der Waals surface area contributed by atoms with Gasteiger partial charge in [-0.25, -0.2) is 0 Å². The van der Waals surface area contributed by atoms with Gasteiger partial charge in [0.2, 0.25) is 0 Å². The van der Waals surface area contributed by atoms with Gasteiger partial charge in [-0.2, -0.15) is 0 Å². The van der Waals surface area contributed by atoms with E-state index in [1.165, 1.54) is 0 Å². The first-order chi connectivity index (χ1) is 4.72. The molecule has 0 saturated carbocycles. The van der Waals surface area contributed by atoms with E-state index in [4.69, 9.17) is 0 Å². The molecule has 0 spiro atoms. The highest BCUT2D eigenvalue weighted by Crippen LogP contribution is 1.96. The molecule has 0 saturated heterocycles. The summed E-state index contributed by atoms with van der Waals surface area (Å²) in [5.41, 5.74) is 2.00. The molecule has 10 heavy (non-hydrogen) atoms. The molecule has 0 N–H and O–H groups in total. The third-order valence-electron chi connectivity index (χ3n) is 1.67. The monoisotopic (exact) mass is 134 g/mol. The Balaban J connectivity index is 3.53. The maximum Gasteiger partial charge on any atom is 0.181 e. The van der Waals surface area contributed by atoms with Gasteiger partial charge in [0, 0.05) is 0 Å². The third-order valence-corrected chi connectivity index (χ3v) is 1.67. The summed E-state index contributed by atoms with van der Waals surface area (Å²) < 4.78 is 0. The standard InChI is InChI=1S/C9H10O/c1-7-5-3-4-6-9(10)8(7)2/h3-6H,1-2H3. The van der Waals surface area contributed by atoms with E-state index >= 15 is 0 Å². The van der Waals surface area contributed by atoms with E-state index in [0.717, 1.165) is 11.1 Å². The van der Waals surface area contributed by atoms with Crippen LogP contribution in [0.3, 0.4) is 0 Å². The van der Waals surface area contributed by atoms with Crippen molar-refractivity contribution in [3.8, 4) is 0 Å². The van der Waals surface area contributed by atoms with Crippen LogP contribution in [0, 0.1) is 13.8 Å². The van der Waals surface area contributed by atoms with Gasteiger partial charge in [0.05, 0.1) is 0 Å². The van der Waals surface area contributed by atoms with Gasteiger partial charge in [0.15, 0.2) is 5.43 Å². The first kappa shape index (κ1) is 7.00. The number of aryl methyl sites for hydroxylation is 1. The minimum atomic E-state index is 0.113. The number of hydrogen-bond acceptors (Lipinski definition) is 1. The molecule has 0 aliphatic rings. The average molecular weight is 134 g/mol. The Kier molecular flexibility index (Phi) is 1.86. The van der Waals surface area contributed by atoms with Crippen LogP contribution in [0.1, 0.15) is 11.1 Å². The maximum atomic E-state index is 11.0. The summed E-state index contributed by atoms with van der Waals surface area (Å²) >= 11 is 0. The predicted molar refractivity (Wildman–Crippen MR) is 42.2 cm³/mol. The zero-order valence-corrected chi connectivity index (χ0v) is 6.22. The van der Waals surface area contributed by atoms with Gasteiger partial charge in [-0.1, -0.05) is 18.2 Å². The molecule has 0 fully saturated rings. The van der Waals surface area contributed by atoms with Crippen LogP contribution in [0.25, 0.3) is 0 Å². The first-order valence-corrected chi connectivity index (χ1v) is 3.28. The van der Waals surface area contributed by atoms with E-state index < -0.39 is 0 Å². The largest absolute Gasteiger partial charge is 0.290 e. The summed E-state index contributed by atoms with van der Waals surface area (Å²) in [4.78, 5) is 11.0. The SMILES string of the molecule is Cc1ccccc(=O)c1C. The predicted octanol–water partition coefficient (Wildman–Crippen LogP) is 1.66. The summed E-state index contributed by atoms with van der Waals surface area (Å²) in [5.74, 6) is 0. The Bertz CT molecular complexity index is 289. The smallest absolute Gasteiger partial charge is 0.181 e. The van der Waals surface area contributed by atoms with E-state index in [1.54, 1.807) is 12.1 Å². The molecule has 1 aromatic rings. The lowest BCUT2D eigenvalue weighted by atomic mass is 10.2. The minimum Gasteiger partial charge on any atom is -0.290 e. The normalized spacial score (nSPS) is 9.40. The molecule has 0 heterocycles. The Morgan fingerprint density at radius 3 is 2.40 bits per heavy atom. The van der Waals surface area contributed by atoms with Crippen LogP contribution in [0.5, 0.6) is 0 Å². The molecule has 1 nitrogen and oxygen atoms in total. The quantitative estimate of drug-likeness (QED) is 0.527. The van der Waals surface area contributed by atoms with Gasteiger partial charge in [0.25, 0.3) is 0 Å². The molecule has 0 amide bonds. The summed E-state index contributed by atoms with van der Waals surface area (Å²) in [6.07, 6.45) is 0. The fourth-order valence-corrected chi connectivity index (χ4v) is 0.787. The van der Waals surface area contributed by atoms with Crippen molar-refractivity contribution < 1.29 is 0 Å². The van der Waals surface area contributed by atoms with Crippen molar-refractivity contribution >= 4 is 0 Å². The molecule has 0 radical (unpaired) electrons. The van der Waals surface area contributed by atoms with Crippen LogP contribution >= 0.6 is 0 Å². The molecule has 1 heteroatoms. The summed E-state index contributed by atoms with van der Waals surface area (Å²) in [5, 5.41) is 0. The second-order valence-electron chi connectivity index (χ2n) is 2.39.